The fourth-order valence-corrected chi connectivity index (χ4v) is 1.97. The second kappa shape index (κ2) is 18.3. The van der Waals surface area contributed by atoms with Crippen molar-refractivity contribution in [3.05, 3.63) is 66.3 Å². The number of hydrogen-bond acceptors (Lipinski definition) is 0. The molecule has 2 aromatic carbocycles. The molecular weight excluding hydrogens is 506 g/mol. The van der Waals surface area contributed by atoms with E-state index in [0.717, 1.165) is 15.9 Å². The van der Waals surface area contributed by atoms with Crippen LogP contribution in [0.25, 0.3) is 10.8 Å². The Labute approximate surface area is 175 Å². The van der Waals surface area contributed by atoms with Crippen LogP contribution in [0.4, 0.5) is 0 Å². The molecule has 0 spiro atoms. The molecular formula is C19H24Cl2HfSi. The molecule has 0 heterocycles. The summed E-state index contributed by atoms with van der Waals surface area (Å²) in [6.45, 7) is 6.51. The van der Waals surface area contributed by atoms with Gasteiger partial charge in [-0.1, -0.05) is 38.9 Å². The molecule has 122 valence electrons. The Bertz CT molecular complexity index is 517. The van der Waals surface area contributed by atoms with Gasteiger partial charge in [-0.2, -0.15) is 23.6 Å². The van der Waals surface area contributed by atoms with Crippen molar-refractivity contribution in [2.45, 2.75) is 39.3 Å². The van der Waals surface area contributed by atoms with E-state index in [4.69, 9.17) is 0 Å². The zero-order valence-electron chi connectivity index (χ0n) is 14.1. The Morgan fingerprint density at radius 3 is 2.30 bits per heavy atom. The Morgan fingerprint density at radius 1 is 1.13 bits per heavy atom. The SMILES string of the molecule is CCCC1=CC[C-]=C1.C[Si]C.[Cl-].[Cl-].[Hf+4].c1ccc2[cH-]ccc2c1. The molecule has 1 aliphatic rings. The maximum Gasteiger partial charge on any atom is 4.00 e. The van der Waals surface area contributed by atoms with Crippen LogP contribution in [-0.2, 0) is 25.8 Å². The van der Waals surface area contributed by atoms with Crippen LogP contribution in [0.15, 0.2) is 60.2 Å². The van der Waals surface area contributed by atoms with Crippen LogP contribution in [0.2, 0.25) is 13.1 Å². The Kier molecular flexibility index (Phi) is 22.1. The first-order chi connectivity index (χ1) is 9.81. The van der Waals surface area contributed by atoms with Gasteiger partial charge in [0.25, 0.3) is 0 Å². The van der Waals surface area contributed by atoms with Gasteiger partial charge >= 0.3 is 25.8 Å². The smallest absolute Gasteiger partial charge is 1.00 e. The maximum absolute atomic E-state index is 3.14. The van der Waals surface area contributed by atoms with Gasteiger partial charge in [0.2, 0.25) is 0 Å². The molecule has 2 radical (unpaired) electrons. The molecule has 23 heavy (non-hydrogen) atoms. The number of fused-ring (bicyclic) bond motifs is 1. The van der Waals surface area contributed by atoms with Crippen molar-refractivity contribution in [1.29, 1.82) is 0 Å². The summed E-state index contributed by atoms with van der Waals surface area (Å²) in [6, 6.07) is 14.7. The summed E-state index contributed by atoms with van der Waals surface area (Å²) in [5, 5.41) is 2.66. The van der Waals surface area contributed by atoms with E-state index in [-0.39, 0.29) is 50.7 Å². The zero-order chi connectivity index (χ0) is 14.6. The van der Waals surface area contributed by atoms with E-state index in [2.05, 4.69) is 80.7 Å². The van der Waals surface area contributed by atoms with Gasteiger partial charge in [-0.05, 0) is 0 Å². The molecule has 3 rings (SSSR count). The Hall–Kier alpha value is -0.0230. The molecule has 0 aromatic heterocycles. The Balaban J connectivity index is -0.000000270. The molecule has 0 aliphatic heterocycles. The summed E-state index contributed by atoms with van der Waals surface area (Å²) in [7, 11) is 1.08. The van der Waals surface area contributed by atoms with Crippen molar-refractivity contribution in [2.24, 2.45) is 0 Å². The molecule has 0 fully saturated rings. The largest absolute Gasteiger partial charge is 4.00 e. The van der Waals surface area contributed by atoms with Crippen LogP contribution in [0.3, 0.4) is 0 Å². The second-order valence-corrected chi connectivity index (χ2v) is 5.74. The summed E-state index contributed by atoms with van der Waals surface area (Å²) >= 11 is 0. The predicted molar refractivity (Wildman–Crippen MR) is 92.4 cm³/mol. The molecule has 4 heteroatoms. The standard InChI is InChI=1S/C9H7.C8H11.C2H6Si.2ClH.Hf/c1-2-5-9-7-3-6-8(9)4-1;1-2-5-8-6-3-4-7-8;1-3-2;;;/h1-7H;6-7H,2-3,5H2,1H3;1-2H3;2*1H;/q2*-1;;;;+4/p-2. The minimum Gasteiger partial charge on any atom is -1.00 e. The number of rotatable bonds is 2. The molecule has 0 atom stereocenters. The maximum atomic E-state index is 3.14. The first kappa shape index (κ1) is 27.8. The van der Waals surface area contributed by atoms with Gasteiger partial charge in [-0.25, -0.2) is 11.6 Å². The zero-order valence-corrected chi connectivity index (χ0v) is 20.2. The summed E-state index contributed by atoms with van der Waals surface area (Å²) in [5.74, 6) is 0. The van der Waals surface area contributed by atoms with Gasteiger partial charge in [0.15, 0.2) is 0 Å². The first-order valence-electron chi connectivity index (χ1n) is 7.26. The molecule has 0 N–H and O–H groups in total. The van der Waals surface area contributed by atoms with Crippen molar-refractivity contribution in [3.8, 4) is 0 Å². The molecule has 0 bridgehead atoms. The van der Waals surface area contributed by atoms with Crippen LogP contribution < -0.4 is 24.8 Å². The molecule has 0 saturated heterocycles. The molecule has 0 unspecified atom stereocenters. The first-order valence-corrected chi connectivity index (χ1v) is 9.26. The van der Waals surface area contributed by atoms with Crippen molar-refractivity contribution in [1.82, 2.24) is 0 Å². The van der Waals surface area contributed by atoms with E-state index >= 15 is 0 Å². The van der Waals surface area contributed by atoms with E-state index in [1.165, 1.54) is 29.2 Å². The van der Waals surface area contributed by atoms with Crippen LogP contribution in [0.1, 0.15) is 26.2 Å². The van der Waals surface area contributed by atoms with E-state index in [9.17, 15) is 0 Å². The molecule has 0 nitrogen and oxygen atoms in total. The number of benzene rings is 1. The van der Waals surface area contributed by atoms with Gasteiger partial charge in [0, 0.05) is 9.52 Å². The van der Waals surface area contributed by atoms with Crippen molar-refractivity contribution < 1.29 is 50.7 Å². The molecule has 0 amide bonds. The van der Waals surface area contributed by atoms with Crippen molar-refractivity contribution >= 4 is 20.3 Å². The van der Waals surface area contributed by atoms with Crippen LogP contribution in [-0.4, -0.2) is 9.52 Å². The number of halogens is 2. The van der Waals surface area contributed by atoms with E-state index < -0.39 is 0 Å². The minimum atomic E-state index is 0. The molecule has 2 aromatic rings. The number of hydrogen-bond donors (Lipinski definition) is 0. The fraction of sp³-hybridized carbons (Fsp3) is 0.316. The Morgan fingerprint density at radius 2 is 1.78 bits per heavy atom. The van der Waals surface area contributed by atoms with Gasteiger partial charge in [0.05, 0.1) is 0 Å². The average molecular weight is 530 g/mol. The molecule has 1 aliphatic carbocycles. The monoisotopic (exact) mass is 530 g/mol. The molecule has 0 saturated carbocycles. The van der Waals surface area contributed by atoms with Gasteiger partial charge < -0.3 is 24.8 Å². The normalized spacial score (nSPS) is 10.7. The van der Waals surface area contributed by atoms with Crippen LogP contribution in [0.5, 0.6) is 0 Å². The van der Waals surface area contributed by atoms with Gasteiger partial charge in [0.1, 0.15) is 0 Å². The van der Waals surface area contributed by atoms with E-state index in [1.807, 2.05) is 0 Å². The third-order valence-corrected chi connectivity index (χ3v) is 2.86. The average Bonchev–Trinajstić information content (AvgIpc) is 3.11. The minimum absolute atomic E-state index is 0. The topological polar surface area (TPSA) is 0 Å². The van der Waals surface area contributed by atoms with E-state index in [1.54, 1.807) is 0 Å². The second-order valence-electron chi connectivity index (χ2n) is 4.74. The third kappa shape index (κ3) is 12.1. The van der Waals surface area contributed by atoms with Crippen LogP contribution in [0, 0.1) is 6.08 Å². The van der Waals surface area contributed by atoms with E-state index in [0.29, 0.717) is 0 Å². The number of allylic oxidation sites excluding steroid dienone is 4. The summed E-state index contributed by atoms with van der Waals surface area (Å²) < 4.78 is 0. The summed E-state index contributed by atoms with van der Waals surface area (Å²) in [4.78, 5) is 0. The quantitative estimate of drug-likeness (QED) is 0.374. The van der Waals surface area contributed by atoms with Crippen LogP contribution >= 0.6 is 0 Å². The fourth-order valence-electron chi connectivity index (χ4n) is 1.97. The third-order valence-electron chi connectivity index (χ3n) is 2.86. The predicted octanol–water partition coefficient (Wildman–Crippen LogP) is -0.173. The van der Waals surface area contributed by atoms with Crippen molar-refractivity contribution in [2.75, 3.05) is 0 Å². The van der Waals surface area contributed by atoms with Gasteiger partial charge in [-0.15, -0.1) is 36.1 Å². The van der Waals surface area contributed by atoms with Gasteiger partial charge in [-0.3, -0.25) is 6.08 Å². The summed E-state index contributed by atoms with van der Waals surface area (Å²) in [6.07, 6.45) is 11.0. The summed E-state index contributed by atoms with van der Waals surface area (Å²) in [5.41, 5.74) is 1.47. The van der Waals surface area contributed by atoms with Crippen molar-refractivity contribution in [3.63, 3.8) is 0 Å².